The zero-order valence-corrected chi connectivity index (χ0v) is 10.4. The van der Waals surface area contributed by atoms with Gasteiger partial charge in [0, 0.05) is 6.08 Å². The third-order valence-corrected chi connectivity index (χ3v) is 2.63. The molecule has 0 bridgehead atoms. The van der Waals surface area contributed by atoms with Gasteiger partial charge in [-0.25, -0.2) is 4.79 Å². The number of unbranched alkanes of at least 4 members (excludes halogenated alkanes) is 3. The predicted octanol–water partition coefficient (Wildman–Crippen LogP) is 3.52. The minimum atomic E-state index is -0.269. The number of methoxy groups -OCH3 is 1. The molecule has 1 rings (SSSR count). The molecule has 0 unspecified atom stereocenters. The highest BCUT2D eigenvalue weighted by Gasteiger charge is 1.93. The largest absolute Gasteiger partial charge is 0.466 e. The average molecular weight is 232 g/mol. The first-order valence-electron chi connectivity index (χ1n) is 6.11. The summed E-state index contributed by atoms with van der Waals surface area (Å²) in [4.78, 5) is 10.8. The van der Waals surface area contributed by atoms with E-state index in [0.29, 0.717) is 0 Å². The zero-order chi connectivity index (χ0) is 12.3. The summed E-state index contributed by atoms with van der Waals surface area (Å²) >= 11 is 0. The number of hydrogen-bond acceptors (Lipinski definition) is 2. The molecular formula is C15H20O2. The van der Waals surface area contributed by atoms with E-state index < -0.39 is 0 Å². The molecule has 0 spiro atoms. The van der Waals surface area contributed by atoms with Crippen molar-refractivity contribution in [3.63, 3.8) is 0 Å². The van der Waals surface area contributed by atoms with Crippen LogP contribution < -0.4 is 0 Å². The molecule has 0 radical (unpaired) electrons. The summed E-state index contributed by atoms with van der Waals surface area (Å²) in [5.74, 6) is -0.269. The lowest BCUT2D eigenvalue weighted by atomic mass is 10.1. The molecule has 2 heteroatoms. The molecule has 0 fully saturated rings. The second kappa shape index (κ2) is 8.57. The van der Waals surface area contributed by atoms with E-state index in [1.807, 2.05) is 12.1 Å². The maximum absolute atomic E-state index is 10.8. The molecule has 17 heavy (non-hydrogen) atoms. The Morgan fingerprint density at radius 1 is 1.18 bits per heavy atom. The van der Waals surface area contributed by atoms with Crippen molar-refractivity contribution in [3.8, 4) is 0 Å². The molecule has 0 N–H and O–H groups in total. The lowest BCUT2D eigenvalue weighted by Gasteiger charge is -2.00. The van der Waals surface area contributed by atoms with Crippen LogP contribution in [0.5, 0.6) is 0 Å². The van der Waals surface area contributed by atoms with Crippen LogP contribution in [0.1, 0.15) is 31.2 Å². The topological polar surface area (TPSA) is 26.3 Å². The fourth-order valence-corrected chi connectivity index (χ4v) is 1.66. The van der Waals surface area contributed by atoms with Crippen molar-refractivity contribution in [3.05, 3.63) is 48.0 Å². The number of ether oxygens (including phenoxy) is 1. The first kappa shape index (κ1) is 13.5. The second-order valence-corrected chi connectivity index (χ2v) is 4.01. The summed E-state index contributed by atoms with van der Waals surface area (Å²) in [6, 6.07) is 10.5. The van der Waals surface area contributed by atoms with E-state index in [9.17, 15) is 4.79 Å². The van der Waals surface area contributed by atoms with Crippen molar-refractivity contribution in [2.75, 3.05) is 7.11 Å². The number of carbonyl (C=O) groups is 1. The molecule has 0 amide bonds. The fraction of sp³-hybridized carbons (Fsp3) is 0.400. The number of esters is 1. The average Bonchev–Trinajstić information content (AvgIpc) is 2.38. The highest BCUT2D eigenvalue weighted by Crippen LogP contribution is 2.07. The standard InChI is InChI=1S/C15H20O2/c1-17-15(16)13-9-4-2-3-6-10-14-11-7-5-8-12-14/h5,7-9,11-13H,2-4,6,10H2,1H3/b13-9+. The lowest BCUT2D eigenvalue weighted by Crippen LogP contribution is -1.93. The Bertz CT molecular complexity index is 341. The van der Waals surface area contributed by atoms with E-state index in [-0.39, 0.29) is 5.97 Å². The van der Waals surface area contributed by atoms with Gasteiger partial charge in [-0.2, -0.15) is 0 Å². The van der Waals surface area contributed by atoms with Gasteiger partial charge in [0.05, 0.1) is 7.11 Å². The van der Waals surface area contributed by atoms with Gasteiger partial charge in [-0.15, -0.1) is 0 Å². The number of rotatable bonds is 7. The lowest BCUT2D eigenvalue weighted by molar-refractivity contribution is -0.134. The van der Waals surface area contributed by atoms with E-state index in [2.05, 4.69) is 29.0 Å². The van der Waals surface area contributed by atoms with Gasteiger partial charge in [-0.3, -0.25) is 0 Å². The van der Waals surface area contributed by atoms with Crippen molar-refractivity contribution in [1.29, 1.82) is 0 Å². The summed E-state index contributed by atoms with van der Waals surface area (Å²) < 4.78 is 4.51. The molecule has 0 heterocycles. The Kier molecular flexibility index (Phi) is 6.80. The summed E-state index contributed by atoms with van der Waals surface area (Å²) in [6.45, 7) is 0. The minimum Gasteiger partial charge on any atom is -0.466 e. The molecule has 0 aliphatic heterocycles. The van der Waals surface area contributed by atoms with Crippen LogP contribution in [0.4, 0.5) is 0 Å². The van der Waals surface area contributed by atoms with Crippen molar-refractivity contribution < 1.29 is 9.53 Å². The molecule has 1 aromatic carbocycles. The van der Waals surface area contributed by atoms with Gasteiger partial charge in [0.1, 0.15) is 0 Å². The summed E-state index contributed by atoms with van der Waals surface area (Å²) in [5, 5.41) is 0. The molecule has 1 aromatic rings. The van der Waals surface area contributed by atoms with Gasteiger partial charge in [-0.05, 0) is 31.2 Å². The minimum absolute atomic E-state index is 0.269. The second-order valence-electron chi connectivity index (χ2n) is 4.01. The van der Waals surface area contributed by atoms with E-state index in [1.165, 1.54) is 31.6 Å². The number of carbonyl (C=O) groups excluding carboxylic acids is 1. The number of aryl methyl sites for hydroxylation is 1. The maximum atomic E-state index is 10.8. The summed E-state index contributed by atoms with van der Waals surface area (Å²) in [7, 11) is 1.40. The normalized spacial score (nSPS) is 10.6. The number of benzene rings is 1. The quantitative estimate of drug-likeness (QED) is 0.408. The monoisotopic (exact) mass is 232 g/mol. The summed E-state index contributed by atoms with van der Waals surface area (Å²) in [6.07, 6.45) is 8.99. The number of hydrogen-bond donors (Lipinski definition) is 0. The van der Waals surface area contributed by atoms with Crippen molar-refractivity contribution in [2.24, 2.45) is 0 Å². The Morgan fingerprint density at radius 3 is 2.65 bits per heavy atom. The third kappa shape index (κ3) is 6.56. The fourth-order valence-electron chi connectivity index (χ4n) is 1.66. The SMILES string of the molecule is COC(=O)/C=C/CCCCCc1ccccc1. The first-order valence-corrected chi connectivity index (χ1v) is 6.11. The molecule has 0 saturated carbocycles. The Morgan fingerprint density at radius 2 is 1.94 bits per heavy atom. The number of allylic oxidation sites excluding steroid dienone is 1. The van der Waals surface area contributed by atoms with Crippen LogP contribution in [0.3, 0.4) is 0 Å². The van der Waals surface area contributed by atoms with Crippen LogP contribution >= 0.6 is 0 Å². The summed E-state index contributed by atoms with van der Waals surface area (Å²) in [5.41, 5.74) is 1.40. The van der Waals surface area contributed by atoms with Crippen LogP contribution in [0.2, 0.25) is 0 Å². The van der Waals surface area contributed by atoms with Crippen LogP contribution in [-0.2, 0) is 16.0 Å². The van der Waals surface area contributed by atoms with E-state index >= 15 is 0 Å². The van der Waals surface area contributed by atoms with E-state index in [4.69, 9.17) is 0 Å². The van der Waals surface area contributed by atoms with E-state index in [0.717, 1.165) is 19.3 Å². The predicted molar refractivity (Wildman–Crippen MR) is 69.8 cm³/mol. The van der Waals surface area contributed by atoms with Crippen molar-refractivity contribution in [1.82, 2.24) is 0 Å². The highest BCUT2D eigenvalue weighted by molar-refractivity contribution is 5.81. The molecular weight excluding hydrogens is 212 g/mol. The molecule has 0 aliphatic carbocycles. The van der Waals surface area contributed by atoms with Crippen LogP contribution in [-0.4, -0.2) is 13.1 Å². The zero-order valence-electron chi connectivity index (χ0n) is 10.4. The Hall–Kier alpha value is -1.57. The maximum Gasteiger partial charge on any atom is 0.330 e. The third-order valence-electron chi connectivity index (χ3n) is 2.63. The van der Waals surface area contributed by atoms with Crippen LogP contribution in [0.25, 0.3) is 0 Å². The molecule has 0 saturated heterocycles. The van der Waals surface area contributed by atoms with Gasteiger partial charge in [0.15, 0.2) is 0 Å². The molecule has 92 valence electrons. The van der Waals surface area contributed by atoms with Gasteiger partial charge in [0.2, 0.25) is 0 Å². The van der Waals surface area contributed by atoms with Gasteiger partial charge in [0.25, 0.3) is 0 Å². The van der Waals surface area contributed by atoms with Gasteiger partial charge >= 0.3 is 5.97 Å². The van der Waals surface area contributed by atoms with Crippen LogP contribution in [0.15, 0.2) is 42.5 Å². The molecule has 2 nitrogen and oxygen atoms in total. The molecule has 0 aliphatic rings. The Balaban J connectivity index is 2.02. The molecule has 0 atom stereocenters. The van der Waals surface area contributed by atoms with Crippen molar-refractivity contribution >= 4 is 5.97 Å². The van der Waals surface area contributed by atoms with Gasteiger partial charge < -0.3 is 4.74 Å². The smallest absolute Gasteiger partial charge is 0.330 e. The molecule has 0 aromatic heterocycles. The van der Waals surface area contributed by atoms with E-state index in [1.54, 1.807) is 0 Å². The van der Waals surface area contributed by atoms with Crippen LogP contribution in [0, 0.1) is 0 Å². The van der Waals surface area contributed by atoms with Crippen molar-refractivity contribution in [2.45, 2.75) is 32.1 Å². The first-order chi connectivity index (χ1) is 8.33. The Labute approximate surface area is 103 Å². The highest BCUT2D eigenvalue weighted by atomic mass is 16.5. The van der Waals surface area contributed by atoms with Gasteiger partial charge in [-0.1, -0.05) is 42.8 Å².